The minimum atomic E-state index is -0.289. The molecule has 3 aromatic rings. The third-order valence-electron chi connectivity index (χ3n) is 4.86. The second-order valence-electron chi connectivity index (χ2n) is 6.87. The number of carbonyl (C=O) groups is 1. The molecule has 1 aromatic heterocycles. The number of carbonyl (C=O) groups excluding carboxylic acids is 1. The van der Waals surface area contributed by atoms with Gasteiger partial charge in [0.2, 0.25) is 11.9 Å². The highest BCUT2D eigenvalue weighted by molar-refractivity contribution is 6.30. The Bertz CT molecular complexity index is 1000. The highest BCUT2D eigenvalue weighted by atomic mass is 35.5. The van der Waals surface area contributed by atoms with Crippen LogP contribution in [0.4, 0.5) is 16.0 Å². The lowest BCUT2D eigenvalue weighted by atomic mass is 10.3. The first-order valence-corrected chi connectivity index (χ1v) is 9.79. The van der Waals surface area contributed by atoms with E-state index in [9.17, 15) is 9.18 Å². The van der Waals surface area contributed by atoms with Crippen LogP contribution in [0.15, 0.2) is 60.9 Å². The summed E-state index contributed by atoms with van der Waals surface area (Å²) >= 11 is 5.95. The fourth-order valence-corrected chi connectivity index (χ4v) is 3.63. The molecule has 150 valence electrons. The van der Waals surface area contributed by atoms with Crippen LogP contribution >= 0.6 is 11.6 Å². The summed E-state index contributed by atoms with van der Waals surface area (Å²) in [6.07, 6.45) is 3.44. The number of para-hydroxylation sites is 1. The summed E-state index contributed by atoms with van der Waals surface area (Å²) < 4.78 is 15.9. The molecule has 2 aromatic carbocycles. The van der Waals surface area contributed by atoms with Gasteiger partial charge in [0, 0.05) is 49.3 Å². The number of nitrogens with zero attached hydrogens (tertiary/aromatic N) is 4. The van der Waals surface area contributed by atoms with Crippen molar-refractivity contribution in [3.8, 4) is 5.69 Å². The van der Waals surface area contributed by atoms with Gasteiger partial charge in [0.25, 0.3) is 0 Å². The van der Waals surface area contributed by atoms with E-state index >= 15 is 0 Å². The number of amides is 1. The average molecular weight is 414 g/mol. The smallest absolute Gasteiger partial charge is 0.238 e. The molecule has 0 radical (unpaired) electrons. The van der Waals surface area contributed by atoms with Crippen LogP contribution in [0.1, 0.15) is 0 Å². The number of hydrogen-bond donors (Lipinski definition) is 1. The maximum atomic E-state index is 14.2. The Labute approximate surface area is 173 Å². The topological polar surface area (TPSA) is 53.4 Å². The minimum absolute atomic E-state index is 0.0754. The molecule has 0 bridgehead atoms. The zero-order chi connectivity index (χ0) is 20.2. The standard InChI is InChI=1S/C21H21ClFN5O/c22-16-4-3-5-17(14-16)25-20(29)15-26-10-12-27(13-11-26)21-24-8-9-28(21)19-7-2-1-6-18(19)23/h1-9,14H,10-13,15H2,(H,25,29). The van der Waals surface area contributed by atoms with Gasteiger partial charge in [-0.25, -0.2) is 9.37 Å². The van der Waals surface area contributed by atoms with E-state index in [-0.39, 0.29) is 11.7 Å². The fourth-order valence-electron chi connectivity index (χ4n) is 3.44. The van der Waals surface area contributed by atoms with Crippen LogP contribution in [0.3, 0.4) is 0 Å². The van der Waals surface area contributed by atoms with Gasteiger partial charge in [0.15, 0.2) is 0 Å². The molecule has 4 rings (SSSR count). The largest absolute Gasteiger partial charge is 0.339 e. The van der Waals surface area contributed by atoms with E-state index in [2.05, 4.69) is 20.1 Å². The maximum absolute atomic E-state index is 14.2. The van der Waals surface area contributed by atoms with Crippen molar-refractivity contribution in [3.63, 3.8) is 0 Å². The molecule has 0 saturated carbocycles. The van der Waals surface area contributed by atoms with E-state index in [0.29, 0.717) is 55.1 Å². The minimum Gasteiger partial charge on any atom is -0.339 e. The van der Waals surface area contributed by atoms with Crippen LogP contribution < -0.4 is 10.2 Å². The first-order chi connectivity index (χ1) is 14.1. The van der Waals surface area contributed by atoms with Crippen LogP contribution in [0, 0.1) is 5.82 Å². The molecule has 1 aliphatic rings. The van der Waals surface area contributed by atoms with Crippen molar-refractivity contribution in [1.82, 2.24) is 14.5 Å². The van der Waals surface area contributed by atoms with Gasteiger partial charge in [0.05, 0.1) is 12.2 Å². The SMILES string of the molecule is O=C(CN1CCN(c2nccn2-c2ccccc2F)CC1)Nc1cccc(Cl)c1. The molecule has 1 amide bonds. The molecular weight excluding hydrogens is 393 g/mol. The molecule has 2 heterocycles. The van der Waals surface area contributed by atoms with Gasteiger partial charge in [-0.1, -0.05) is 29.8 Å². The van der Waals surface area contributed by atoms with Gasteiger partial charge in [0.1, 0.15) is 5.82 Å². The zero-order valence-electron chi connectivity index (χ0n) is 15.8. The lowest BCUT2D eigenvalue weighted by Crippen LogP contribution is -2.49. The molecule has 1 saturated heterocycles. The number of halogens is 2. The zero-order valence-corrected chi connectivity index (χ0v) is 16.5. The van der Waals surface area contributed by atoms with Gasteiger partial charge in [-0.3, -0.25) is 14.3 Å². The molecule has 0 atom stereocenters. The van der Waals surface area contributed by atoms with E-state index in [1.165, 1.54) is 6.07 Å². The molecule has 0 spiro atoms. The van der Waals surface area contributed by atoms with E-state index in [0.717, 1.165) is 0 Å². The summed E-state index contributed by atoms with van der Waals surface area (Å²) in [6.45, 7) is 3.15. The summed E-state index contributed by atoms with van der Waals surface area (Å²) in [7, 11) is 0. The van der Waals surface area contributed by atoms with Crippen molar-refractivity contribution in [3.05, 3.63) is 71.8 Å². The fraction of sp³-hybridized carbons (Fsp3) is 0.238. The predicted molar refractivity (Wildman–Crippen MR) is 112 cm³/mol. The molecule has 1 aliphatic heterocycles. The Balaban J connectivity index is 1.35. The first-order valence-electron chi connectivity index (χ1n) is 9.41. The first kappa shape index (κ1) is 19.4. The predicted octanol–water partition coefficient (Wildman–Crippen LogP) is 3.43. The molecule has 6 nitrogen and oxygen atoms in total. The molecule has 1 N–H and O–H groups in total. The number of benzene rings is 2. The maximum Gasteiger partial charge on any atom is 0.238 e. The van der Waals surface area contributed by atoms with Gasteiger partial charge in [-0.15, -0.1) is 0 Å². The molecule has 8 heteroatoms. The van der Waals surface area contributed by atoms with Gasteiger partial charge in [-0.2, -0.15) is 0 Å². The number of piperazine rings is 1. The number of imidazole rings is 1. The number of hydrogen-bond acceptors (Lipinski definition) is 4. The van der Waals surface area contributed by atoms with Gasteiger partial charge >= 0.3 is 0 Å². The summed E-state index contributed by atoms with van der Waals surface area (Å²) in [5, 5.41) is 3.45. The number of nitrogens with one attached hydrogen (secondary N) is 1. The molecule has 1 fully saturated rings. The van der Waals surface area contributed by atoms with Crippen molar-refractivity contribution in [2.75, 3.05) is 42.9 Å². The number of rotatable bonds is 5. The Hall–Kier alpha value is -2.90. The Morgan fingerprint density at radius 3 is 2.66 bits per heavy atom. The molecule has 0 unspecified atom stereocenters. The third kappa shape index (κ3) is 4.58. The van der Waals surface area contributed by atoms with Crippen LogP contribution in [-0.2, 0) is 4.79 Å². The molecule has 29 heavy (non-hydrogen) atoms. The lowest BCUT2D eigenvalue weighted by molar-refractivity contribution is -0.117. The van der Waals surface area contributed by atoms with Crippen molar-refractivity contribution < 1.29 is 9.18 Å². The summed E-state index contributed by atoms with van der Waals surface area (Å²) in [6, 6.07) is 13.7. The van der Waals surface area contributed by atoms with Crippen LogP contribution in [0.5, 0.6) is 0 Å². The summed E-state index contributed by atoms with van der Waals surface area (Å²) in [4.78, 5) is 20.9. The Kier molecular flexibility index (Phi) is 5.78. The second kappa shape index (κ2) is 8.63. The van der Waals surface area contributed by atoms with Crippen molar-refractivity contribution in [2.45, 2.75) is 0 Å². The Morgan fingerprint density at radius 2 is 1.90 bits per heavy atom. The van der Waals surface area contributed by atoms with Crippen molar-refractivity contribution in [1.29, 1.82) is 0 Å². The average Bonchev–Trinajstić information content (AvgIpc) is 3.18. The normalized spacial score (nSPS) is 14.8. The second-order valence-corrected chi connectivity index (χ2v) is 7.31. The molecular formula is C21H21ClFN5O. The highest BCUT2D eigenvalue weighted by Crippen LogP contribution is 2.22. The third-order valence-corrected chi connectivity index (χ3v) is 5.10. The lowest BCUT2D eigenvalue weighted by Gasteiger charge is -2.35. The van der Waals surface area contributed by atoms with E-state index in [1.807, 2.05) is 6.07 Å². The quantitative estimate of drug-likeness (QED) is 0.696. The molecule has 0 aliphatic carbocycles. The number of anilines is 2. The van der Waals surface area contributed by atoms with E-state index in [1.54, 1.807) is 53.4 Å². The van der Waals surface area contributed by atoms with Crippen molar-refractivity contribution in [2.24, 2.45) is 0 Å². The van der Waals surface area contributed by atoms with E-state index < -0.39 is 0 Å². The van der Waals surface area contributed by atoms with Crippen LogP contribution in [0.25, 0.3) is 5.69 Å². The Morgan fingerprint density at radius 1 is 1.10 bits per heavy atom. The van der Waals surface area contributed by atoms with Gasteiger partial charge in [-0.05, 0) is 30.3 Å². The highest BCUT2D eigenvalue weighted by Gasteiger charge is 2.22. The van der Waals surface area contributed by atoms with Crippen LogP contribution in [0.2, 0.25) is 5.02 Å². The monoisotopic (exact) mass is 413 g/mol. The van der Waals surface area contributed by atoms with Crippen LogP contribution in [-0.4, -0.2) is 53.1 Å². The van der Waals surface area contributed by atoms with Crippen molar-refractivity contribution >= 4 is 29.1 Å². The summed E-state index contributed by atoms with van der Waals surface area (Å²) in [5.41, 5.74) is 1.16. The number of aromatic nitrogens is 2. The van der Waals surface area contributed by atoms with E-state index in [4.69, 9.17) is 11.6 Å². The summed E-state index contributed by atoms with van der Waals surface area (Å²) in [5.74, 6) is 0.342. The van der Waals surface area contributed by atoms with Gasteiger partial charge < -0.3 is 10.2 Å².